The SMILES string of the molecule is CCCCC(N)(CN(CCC)CCC)c1ccc(F)cc1. The van der Waals surface area contributed by atoms with Gasteiger partial charge in [-0.05, 0) is 50.0 Å². The Labute approximate surface area is 129 Å². The summed E-state index contributed by atoms with van der Waals surface area (Å²) in [7, 11) is 0. The van der Waals surface area contributed by atoms with E-state index in [1.54, 1.807) is 0 Å². The van der Waals surface area contributed by atoms with Crippen molar-refractivity contribution < 1.29 is 4.39 Å². The zero-order chi connectivity index (χ0) is 15.7. The van der Waals surface area contributed by atoms with E-state index in [2.05, 4.69) is 25.7 Å². The van der Waals surface area contributed by atoms with Gasteiger partial charge in [-0.25, -0.2) is 4.39 Å². The van der Waals surface area contributed by atoms with Gasteiger partial charge in [0.25, 0.3) is 0 Å². The highest BCUT2D eigenvalue weighted by Crippen LogP contribution is 2.26. The van der Waals surface area contributed by atoms with Crippen molar-refractivity contribution in [3.63, 3.8) is 0 Å². The summed E-state index contributed by atoms with van der Waals surface area (Å²) < 4.78 is 13.2. The Hall–Kier alpha value is -0.930. The van der Waals surface area contributed by atoms with Crippen LogP contribution in [0.4, 0.5) is 4.39 Å². The molecule has 2 nitrogen and oxygen atoms in total. The Morgan fingerprint density at radius 3 is 2.05 bits per heavy atom. The molecule has 1 aromatic rings. The molecule has 0 aromatic heterocycles. The van der Waals surface area contributed by atoms with Crippen LogP contribution in [0.25, 0.3) is 0 Å². The third kappa shape index (κ3) is 5.76. The first-order chi connectivity index (χ1) is 10.1. The molecule has 0 bridgehead atoms. The fraction of sp³-hybridized carbons (Fsp3) is 0.667. The number of nitrogens with zero attached hydrogens (tertiary/aromatic N) is 1. The van der Waals surface area contributed by atoms with Gasteiger partial charge in [-0.15, -0.1) is 0 Å². The fourth-order valence-corrected chi connectivity index (χ4v) is 2.89. The van der Waals surface area contributed by atoms with E-state index < -0.39 is 0 Å². The Balaban J connectivity index is 2.92. The van der Waals surface area contributed by atoms with Crippen LogP contribution >= 0.6 is 0 Å². The number of benzene rings is 1. The average molecular weight is 294 g/mol. The monoisotopic (exact) mass is 294 g/mol. The predicted molar refractivity (Wildman–Crippen MR) is 88.8 cm³/mol. The Morgan fingerprint density at radius 2 is 1.57 bits per heavy atom. The van der Waals surface area contributed by atoms with E-state index in [1.165, 1.54) is 12.1 Å². The quantitative estimate of drug-likeness (QED) is 0.697. The van der Waals surface area contributed by atoms with Crippen molar-refractivity contribution in [2.75, 3.05) is 19.6 Å². The molecule has 0 heterocycles. The highest BCUT2D eigenvalue weighted by molar-refractivity contribution is 5.25. The summed E-state index contributed by atoms with van der Waals surface area (Å²) in [6.07, 6.45) is 5.43. The van der Waals surface area contributed by atoms with Crippen LogP contribution in [0.2, 0.25) is 0 Å². The van der Waals surface area contributed by atoms with Crippen molar-refractivity contribution in [3.8, 4) is 0 Å². The number of unbranched alkanes of at least 4 members (excludes halogenated alkanes) is 1. The third-order valence-electron chi connectivity index (χ3n) is 3.98. The minimum atomic E-state index is -0.381. The minimum absolute atomic E-state index is 0.199. The van der Waals surface area contributed by atoms with Crippen molar-refractivity contribution in [3.05, 3.63) is 35.6 Å². The summed E-state index contributed by atoms with van der Waals surface area (Å²) in [5.74, 6) is -0.199. The van der Waals surface area contributed by atoms with Crippen molar-refractivity contribution in [1.82, 2.24) is 4.90 Å². The lowest BCUT2D eigenvalue weighted by atomic mass is 9.85. The molecule has 0 aliphatic rings. The summed E-state index contributed by atoms with van der Waals surface area (Å²) in [6.45, 7) is 9.57. The van der Waals surface area contributed by atoms with E-state index in [1.807, 2.05) is 12.1 Å². The summed E-state index contributed by atoms with van der Waals surface area (Å²) in [5, 5.41) is 0. The molecule has 0 saturated carbocycles. The lowest BCUT2D eigenvalue weighted by Crippen LogP contribution is -2.48. The Kier molecular flexibility index (Phi) is 7.91. The Morgan fingerprint density at radius 1 is 1.00 bits per heavy atom. The molecule has 0 aliphatic heterocycles. The normalized spacial score (nSPS) is 14.4. The number of rotatable bonds is 10. The van der Waals surface area contributed by atoms with Gasteiger partial charge in [0.15, 0.2) is 0 Å². The van der Waals surface area contributed by atoms with Gasteiger partial charge in [-0.2, -0.15) is 0 Å². The molecular weight excluding hydrogens is 263 g/mol. The largest absolute Gasteiger partial charge is 0.320 e. The standard InChI is InChI=1S/C18H31FN2/c1-4-7-12-18(20,15-21(13-5-2)14-6-3)16-8-10-17(19)11-9-16/h8-11H,4-7,12-15,20H2,1-3H3. The zero-order valence-corrected chi connectivity index (χ0v) is 13.9. The number of hydrogen-bond donors (Lipinski definition) is 1. The maximum atomic E-state index is 13.2. The second kappa shape index (κ2) is 9.16. The average Bonchev–Trinajstić information content (AvgIpc) is 2.46. The summed E-state index contributed by atoms with van der Waals surface area (Å²) in [5.41, 5.74) is 7.42. The van der Waals surface area contributed by atoms with Crippen molar-refractivity contribution in [2.24, 2.45) is 5.73 Å². The van der Waals surface area contributed by atoms with Crippen LogP contribution in [0.15, 0.2) is 24.3 Å². The first-order valence-electron chi connectivity index (χ1n) is 8.33. The van der Waals surface area contributed by atoms with E-state index >= 15 is 0 Å². The first-order valence-corrected chi connectivity index (χ1v) is 8.33. The number of halogens is 1. The molecule has 1 aromatic carbocycles. The molecule has 0 spiro atoms. The molecule has 21 heavy (non-hydrogen) atoms. The summed E-state index contributed by atoms with van der Waals surface area (Å²) in [4.78, 5) is 2.44. The maximum absolute atomic E-state index is 13.2. The smallest absolute Gasteiger partial charge is 0.123 e. The van der Waals surface area contributed by atoms with Gasteiger partial charge in [0.05, 0.1) is 5.54 Å². The zero-order valence-electron chi connectivity index (χ0n) is 13.9. The molecular formula is C18H31FN2. The molecule has 0 radical (unpaired) electrons. The van der Waals surface area contributed by atoms with E-state index in [-0.39, 0.29) is 11.4 Å². The molecule has 1 unspecified atom stereocenters. The van der Waals surface area contributed by atoms with E-state index in [0.29, 0.717) is 0 Å². The highest BCUT2D eigenvalue weighted by Gasteiger charge is 2.29. The van der Waals surface area contributed by atoms with Gasteiger partial charge in [0.1, 0.15) is 5.82 Å². The van der Waals surface area contributed by atoms with E-state index in [9.17, 15) is 4.39 Å². The van der Waals surface area contributed by atoms with Gasteiger partial charge in [0, 0.05) is 6.54 Å². The molecule has 2 N–H and O–H groups in total. The lowest BCUT2D eigenvalue weighted by molar-refractivity contribution is 0.197. The van der Waals surface area contributed by atoms with Crippen molar-refractivity contribution in [2.45, 2.75) is 58.4 Å². The topological polar surface area (TPSA) is 29.3 Å². The van der Waals surface area contributed by atoms with Gasteiger partial charge in [0.2, 0.25) is 0 Å². The first kappa shape index (κ1) is 18.1. The number of nitrogens with two attached hydrogens (primary N) is 1. The van der Waals surface area contributed by atoms with Crippen molar-refractivity contribution in [1.29, 1.82) is 0 Å². The van der Waals surface area contributed by atoms with Gasteiger partial charge in [-0.1, -0.05) is 45.7 Å². The second-order valence-corrected chi connectivity index (χ2v) is 6.04. The van der Waals surface area contributed by atoms with E-state index in [4.69, 9.17) is 5.73 Å². The molecule has 0 amide bonds. The van der Waals surface area contributed by atoms with Crippen LogP contribution in [0.5, 0.6) is 0 Å². The summed E-state index contributed by atoms with van der Waals surface area (Å²) >= 11 is 0. The maximum Gasteiger partial charge on any atom is 0.123 e. The Bertz CT molecular complexity index is 385. The second-order valence-electron chi connectivity index (χ2n) is 6.04. The van der Waals surface area contributed by atoms with Gasteiger partial charge >= 0.3 is 0 Å². The van der Waals surface area contributed by atoms with Gasteiger partial charge in [-0.3, -0.25) is 0 Å². The molecule has 0 aliphatic carbocycles. The van der Waals surface area contributed by atoms with Crippen LogP contribution in [0, 0.1) is 5.82 Å². The van der Waals surface area contributed by atoms with Gasteiger partial charge < -0.3 is 10.6 Å². The van der Waals surface area contributed by atoms with Crippen LogP contribution in [-0.4, -0.2) is 24.5 Å². The molecule has 0 fully saturated rings. The molecule has 0 saturated heterocycles. The van der Waals surface area contributed by atoms with E-state index in [0.717, 1.165) is 57.3 Å². The molecule has 120 valence electrons. The fourth-order valence-electron chi connectivity index (χ4n) is 2.89. The highest BCUT2D eigenvalue weighted by atomic mass is 19.1. The summed E-state index contributed by atoms with van der Waals surface area (Å²) in [6, 6.07) is 6.74. The third-order valence-corrected chi connectivity index (χ3v) is 3.98. The molecule has 3 heteroatoms. The predicted octanol–water partition coefficient (Wildman–Crippen LogP) is 4.29. The molecule has 1 rings (SSSR count). The van der Waals surface area contributed by atoms with Crippen molar-refractivity contribution >= 4 is 0 Å². The lowest BCUT2D eigenvalue weighted by Gasteiger charge is -2.36. The molecule has 1 atom stereocenters. The van der Waals surface area contributed by atoms with Crippen LogP contribution in [-0.2, 0) is 5.54 Å². The van der Waals surface area contributed by atoms with Crippen LogP contribution < -0.4 is 5.73 Å². The van der Waals surface area contributed by atoms with Crippen LogP contribution in [0.1, 0.15) is 58.4 Å². The number of hydrogen-bond acceptors (Lipinski definition) is 2. The van der Waals surface area contributed by atoms with Crippen LogP contribution in [0.3, 0.4) is 0 Å². The minimum Gasteiger partial charge on any atom is -0.320 e.